The number of hydrogen-bond acceptors (Lipinski definition) is 9. The largest absolute Gasteiger partial charge is 0.488 e. The Kier molecular flexibility index (Phi) is 5.63. The predicted octanol–water partition coefficient (Wildman–Crippen LogP) is 1.91. The van der Waals surface area contributed by atoms with E-state index < -0.39 is 0 Å². The number of fused-ring (bicyclic) bond motifs is 1. The Balaban J connectivity index is 1.33. The molecular formula is C23H23N7O4. The van der Waals surface area contributed by atoms with Crippen LogP contribution in [0.3, 0.4) is 0 Å². The number of aromatic nitrogens is 4. The van der Waals surface area contributed by atoms with Crippen LogP contribution in [0.15, 0.2) is 37.1 Å². The Morgan fingerprint density at radius 3 is 2.88 bits per heavy atom. The molecule has 1 saturated heterocycles. The molecule has 0 N–H and O–H groups in total. The van der Waals surface area contributed by atoms with Crippen molar-refractivity contribution in [2.75, 3.05) is 38.3 Å². The second kappa shape index (κ2) is 8.90. The quantitative estimate of drug-likeness (QED) is 0.561. The first-order valence-corrected chi connectivity index (χ1v) is 10.8. The molecule has 5 rings (SSSR count). The van der Waals surface area contributed by atoms with Gasteiger partial charge in [0.25, 0.3) is 5.91 Å². The van der Waals surface area contributed by atoms with Gasteiger partial charge in [0.05, 0.1) is 50.3 Å². The van der Waals surface area contributed by atoms with E-state index in [-0.39, 0.29) is 17.9 Å². The van der Waals surface area contributed by atoms with E-state index in [0.29, 0.717) is 55.5 Å². The number of rotatable bonds is 5. The zero-order valence-corrected chi connectivity index (χ0v) is 18.8. The second-order valence-corrected chi connectivity index (χ2v) is 8.06. The minimum absolute atomic E-state index is 0.107. The van der Waals surface area contributed by atoms with Crippen molar-refractivity contribution in [1.29, 1.82) is 5.26 Å². The van der Waals surface area contributed by atoms with E-state index in [2.05, 4.69) is 21.0 Å². The number of amides is 1. The van der Waals surface area contributed by atoms with E-state index in [4.69, 9.17) is 14.2 Å². The fourth-order valence-electron chi connectivity index (χ4n) is 4.13. The number of carbonyl (C=O) groups is 1. The first-order valence-electron chi connectivity index (χ1n) is 10.8. The number of nitriles is 1. The Morgan fingerprint density at radius 1 is 1.24 bits per heavy atom. The lowest BCUT2D eigenvalue weighted by molar-refractivity contribution is 0.0766. The highest BCUT2D eigenvalue weighted by Crippen LogP contribution is 2.39. The molecule has 3 aromatic heterocycles. The van der Waals surface area contributed by atoms with Crippen LogP contribution in [0, 0.1) is 11.3 Å². The SMILES string of the molecule is COc1ncc(N2CCOc3cnc(O[C@H]4CCN(C(=O)c5cn(C)cn5)C4)cc32)cc1C#N. The van der Waals surface area contributed by atoms with Crippen LogP contribution in [0.5, 0.6) is 17.5 Å². The van der Waals surface area contributed by atoms with Crippen molar-refractivity contribution in [3.8, 4) is 23.6 Å². The molecule has 0 bridgehead atoms. The van der Waals surface area contributed by atoms with Gasteiger partial charge in [0.15, 0.2) is 5.75 Å². The Hall–Kier alpha value is -4.33. The van der Waals surface area contributed by atoms with Gasteiger partial charge in [-0.2, -0.15) is 5.26 Å². The summed E-state index contributed by atoms with van der Waals surface area (Å²) >= 11 is 0. The maximum absolute atomic E-state index is 12.7. The molecular weight excluding hydrogens is 438 g/mol. The summed E-state index contributed by atoms with van der Waals surface area (Å²) in [5, 5.41) is 9.43. The molecule has 1 amide bonds. The highest BCUT2D eigenvalue weighted by Gasteiger charge is 2.30. The second-order valence-electron chi connectivity index (χ2n) is 8.06. The van der Waals surface area contributed by atoms with Crippen molar-refractivity contribution in [3.63, 3.8) is 0 Å². The summed E-state index contributed by atoms with van der Waals surface area (Å²) in [6.07, 6.45) is 7.13. The molecule has 0 unspecified atom stereocenters. The summed E-state index contributed by atoms with van der Waals surface area (Å²) in [6.45, 7) is 2.10. The molecule has 11 nitrogen and oxygen atoms in total. The fraction of sp³-hybridized carbons (Fsp3) is 0.348. The molecule has 0 aliphatic carbocycles. The molecule has 11 heteroatoms. The topological polar surface area (TPSA) is 119 Å². The van der Waals surface area contributed by atoms with Crippen LogP contribution in [0.1, 0.15) is 22.5 Å². The van der Waals surface area contributed by atoms with E-state index in [0.717, 1.165) is 11.4 Å². The number of nitrogens with zero attached hydrogens (tertiary/aromatic N) is 7. The molecule has 5 heterocycles. The maximum atomic E-state index is 12.7. The zero-order valence-electron chi connectivity index (χ0n) is 18.8. The van der Waals surface area contributed by atoms with Gasteiger partial charge in [-0.1, -0.05) is 0 Å². The number of ether oxygens (including phenoxy) is 3. The van der Waals surface area contributed by atoms with Gasteiger partial charge in [-0.15, -0.1) is 0 Å². The molecule has 0 saturated carbocycles. The van der Waals surface area contributed by atoms with Gasteiger partial charge in [-0.3, -0.25) is 4.79 Å². The molecule has 0 spiro atoms. The highest BCUT2D eigenvalue weighted by molar-refractivity contribution is 5.92. The predicted molar refractivity (Wildman–Crippen MR) is 120 cm³/mol. The molecule has 2 aliphatic rings. The Labute approximate surface area is 196 Å². The number of anilines is 2. The molecule has 2 aliphatic heterocycles. The van der Waals surface area contributed by atoms with Crippen LogP contribution in [0.2, 0.25) is 0 Å². The lowest BCUT2D eigenvalue weighted by Crippen LogP contribution is -2.31. The van der Waals surface area contributed by atoms with Crippen molar-refractivity contribution in [2.24, 2.45) is 7.05 Å². The molecule has 0 radical (unpaired) electrons. The van der Waals surface area contributed by atoms with Gasteiger partial charge in [0.2, 0.25) is 11.8 Å². The van der Waals surface area contributed by atoms with Crippen molar-refractivity contribution in [2.45, 2.75) is 12.5 Å². The maximum Gasteiger partial charge on any atom is 0.274 e. The van der Waals surface area contributed by atoms with Crippen LogP contribution in [0.25, 0.3) is 0 Å². The molecule has 0 aromatic carbocycles. The van der Waals surface area contributed by atoms with Gasteiger partial charge >= 0.3 is 0 Å². The molecule has 1 atom stereocenters. The van der Waals surface area contributed by atoms with Gasteiger partial charge in [-0.25, -0.2) is 15.0 Å². The van der Waals surface area contributed by atoms with Gasteiger partial charge in [0.1, 0.15) is 30.0 Å². The Bertz CT molecular complexity index is 1270. The third-order valence-electron chi connectivity index (χ3n) is 5.79. The van der Waals surface area contributed by atoms with Gasteiger partial charge in [0, 0.05) is 32.3 Å². The van der Waals surface area contributed by atoms with Crippen molar-refractivity contribution >= 4 is 17.3 Å². The molecule has 3 aromatic rings. The number of carbonyl (C=O) groups excluding carboxylic acids is 1. The summed E-state index contributed by atoms with van der Waals surface area (Å²) in [4.78, 5) is 29.2. The smallest absolute Gasteiger partial charge is 0.274 e. The number of likely N-dealkylation sites (tertiary alicyclic amines) is 1. The average molecular weight is 461 g/mol. The van der Waals surface area contributed by atoms with E-state index >= 15 is 0 Å². The van der Waals surface area contributed by atoms with E-state index in [1.807, 2.05) is 18.0 Å². The van der Waals surface area contributed by atoms with Crippen LogP contribution < -0.4 is 19.1 Å². The first kappa shape index (κ1) is 21.5. The van der Waals surface area contributed by atoms with E-state index in [9.17, 15) is 10.1 Å². The number of imidazole rings is 1. The van der Waals surface area contributed by atoms with Crippen molar-refractivity contribution in [1.82, 2.24) is 24.4 Å². The number of aryl methyl sites for hydroxylation is 1. The summed E-state index contributed by atoms with van der Waals surface area (Å²) in [7, 11) is 3.31. The molecule has 1 fully saturated rings. The van der Waals surface area contributed by atoms with Gasteiger partial charge < -0.3 is 28.6 Å². The minimum atomic E-state index is -0.177. The number of methoxy groups -OCH3 is 1. The lowest BCUT2D eigenvalue weighted by Gasteiger charge is -2.31. The normalized spacial score (nSPS) is 17.0. The van der Waals surface area contributed by atoms with Crippen LogP contribution in [0.4, 0.5) is 11.4 Å². The minimum Gasteiger partial charge on any atom is -0.488 e. The third-order valence-corrected chi connectivity index (χ3v) is 5.79. The summed E-state index contributed by atoms with van der Waals surface area (Å²) in [5.74, 6) is 1.23. The Morgan fingerprint density at radius 2 is 2.12 bits per heavy atom. The van der Waals surface area contributed by atoms with Gasteiger partial charge in [-0.05, 0) is 6.07 Å². The van der Waals surface area contributed by atoms with Crippen LogP contribution in [-0.2, 0) is 7.05 Å². The monoisotopic (exact) mass is 461 g/mol. The zero-order chi connectivity index (χ0) is 23.7. The number of hydrogen-bond donors (Lipinski definition) is 0. The molecule has 174 valence electrons. The summed E-state index contributed by atoms with van der Waals surface area (Å²) < 4.78 is 18.8. The summed E-state index contributed by atoms with van der Waals surface area (Å²) in [5.41, 5.74) is 2.29. The van der Waals surface area contributed by atoms with E-state index in [1.165, 1.54) is 7.11 Å². The van der Waals surface area contributed by atoms with Crippen molar-refractivity contribution in [3.05, 3.63) is 48.3 Å². The molecule has 34 heavy (non-hydrogen) atoms. The average Bonchev–Trinajstić information content (AvgIpc) is 3.52. The fourth-order valence-corrected chi connectivity index (χ4v) is 4.13. The van der Waals surface area contributed by atoms with Crippen molar-refractivity contribution < 1.29 is 19.0 Å². The first-order chi connectivity index (χ1) is 16.6. The lowest BCUT2D eigenvalue weighted by atomic mass is 10.2. The summed E-state index contributed by atoms with van der Waals surface area (Å²) in [6, 6.07) is 5.67. The number of pyridine rings is 2. The highest BCUT2D eigenvalue weighted by atomic mass is 16.5. The van der Waals surface area contributed by atoms with Crippen LogP contribution in [-0.4, -0.2) is 69.8 Å². The standard InChI is InChI=1S/C23H23N7O4/c1-28-13-18(27-14-28)23(31)29-4-3-17(12-29)34-21-8-19-20(11-25-21)33-6-5-30(19)16-7-15(9-24)22(32-2)26-10-16/h7-8,10-11,13-14,17H,3-6,12H2,1-2H3/t17-/m0/s1. The van der Waals surface area contributed by atoms with E-state index in [1.54, 1.807) is 40.5 Å². The third kappa shape index (κ3) is 4.05. The van der Waals surface area contributed by atoms with Crippen LogP contribution >= 0.6 is 0 Å².